The lowest BCUT2D eigenvalue weighted by atomic mass is 10.1. The second-order valence-corrected chi connectivity index (χ2v) is 4.84. The fraction of sp³-hybridized carbons (Fsp3) is 0.429. The largest absolute Gasteiger partial charge is 0.481 e. The van der Waals surface area contributed by atoms with Crippen LogP contribution in [0.1, 0.15) is 25.0 Å². The molecule has 20 heavy (non-hydrogen) atoms. The molecule has 0 aromatic heterocycles. The molecule has 1 atom stereocenters. The molecule has 1 rings (SSSR count). The molecule has 0 bridgehead atoms. The lowest BCUT2D eigenvalue weighted by Gasteiger charge is -2.18. The Labute approximate surface area is 125 Å². The summed E-state index contributed by atoms with van der Waals surface area (Å²) in [5.74, 6) is 0.424. The summed E-state index contributed by atoms with van der Waals surface area (Å²) < 4.78 is 5.66. The summed E-state index contributed by atoms with van der Waals surface area (Å²) in [6.07, 6.45) is -0.618. The molecule has 0 saturated heterocycles. The van der Waals surface area contributed by atoms with E-state index in [-0.39, 0.29) is 5.91 Å². The Balaban J connectivity index is 2.53. The van der Waals surface area contributed by atoms with E-state index in [2.05, 4.69) is 16.2 Å². The Hall–Kier alpha value is -1.82. The standard InChI is InChI=1S/C14H21N3O2S/c1-5-15-14(20)17-16-13(18)11(4)19-12-8-6-7-9(2)10(12)3/h6-8,11H,5H2,1-4H3,(H,16,18)(H2,15,17,20)/t11-/m1/s1. The van der Waals surface area contributed by atoms with E-state index in [4.69, 9.17) is 17.0 Å². The topological polar surface area (TPSA) is 62.4 Å². The van der Waals surface area contributed by atoms with Gasteiger partial charge in [-0.25, -0.2) is 0 Å². The van der Waals surface area contributed by atoms with Gasteiger partial charge in [-0.05, 0) is 57.1 Å². The minimum absolute atomic E-state index is 0.286. The molecule has 110 valence electrons. The van der Waals surface area contributed by atoms with Gasteiger partial charge in [0.2, 0.25) is 0 Å². The van der Waals surface area contributed by atoms with Crippen molar-refractivity contribution in [2.24, 2.45) is 0 Å². The highest BCUT2D eigenvalue weighted by Crippen LogP contribution is 2.21. The third-order valence-electron chi connectivity index (χ3n) is 2.86. The van der Waals surface area contributed by atoms with Crippen molar-refractivity contribution in [3.63, 3.8) is 0 Å². The summed E-state index contributed by atoms with van der Waals surface area (Å²) in [6, 6.07) is 5.76. The Bertz CT molecular complexity index is 491. The van der Waals surface area contributed by atoms with Crippen LogP contribution in [-0.2, 0) is 4.79 Å². The molecule has 0 aliphatic heterocycles. The van der Waals surface area contributed by atoms with Crippen molar-refractivity contribution >= 4 is 23.2 Å². The number of benzene rings is 1. The van der Waals surface area contributed by atoms with E-state index in [9.17, 15) is 4.79 Å². The molecule has 0 fully saturated rings. The summed E-state index contributed by atoms with van der Waals surface area (Å²) in [4.78, 5) is 11.9. The van der Waals surface area contributed by atoms with Gasteiger partial charge in [-0.2, -0.15) is 0 Å². The average molecular weight is 295 g/mol. The van der Waals surface area contributed by atoms with E-state index >= 15 is 0 Å². The van der Waals surface area contributed by atoms with Crippen molar-refractivity contribution in [2.45, 2.75) is 33.8 Å². The number of amides is 1. The van der Waals surface area contributed by atoms with Gasteiger partial charge in [0.05, 0.1) is 0 Å². The van der Waals surface area contributed by atoms with Gasteiger partial charge in [-0.3, -0.25) is 15.6 Å². The molecule has 0 aliphatic carbocycles. The maximum absolute atomic E-state index is 11.9. The summed E-state index contributed by atoms with van der Waals surface area (Å²) in [7, 11) is 0. The van der Waals surface area contributed by atoms with Gasteiger partial charge in [0.15, 0.2) is 11.2 Å². The minimum Gasteiger partial charge on any atom is -0.481 e. The Kier molecular flexibility index (Phi) is 6.24. The first-order valence-electron chi connectivity index (χ1n) is 6.52. The summed E-state index contributed by atoms with van der Waals surface area (Å²) in [5.41, 5.74) is 7.28. The van der Waals surface area contributed by atoms with Crippen LogP contribution in [0.15, 0.2) is 18.2 Å². The predicted octanol–water partition coefficient (Wildman–Crippen LogP) is 1.59. The quantitative estimate of drug-likeness (QED) is 0.581. The van der Waals surface area contributed by atoms with Crippen LogP contribution >= 0.6 is 12.2 Å². The Morgan fingerprint density at radius 1 is 1.35 bits per heavy atom. The molecule has 0 saturated carbocycles. The van der Waals surface area contributed by atoms with Gasteiger partial charge in [-0.1, -0.05) is 12.1 Å². The molecule has 3 N–H and O–H groups in total. The predicted molar refractivity (Wildman–Crippen MR) is 83.6 cm³/mol. The molecule has 5 nitrogen and oxygen atoms in total. The molecule has 0 aliphatic rings. The van der Waals surface area contributed by atoms with E-state index in [0.717, 1.165) is 11.1 Å². The second kappa shape index (κ2) is 7.69. The zero-order valence-electron chi connectivity index (χ0n) is 12.2. The van der Waals surface area contributed by atoms with Gasteiger partial charge in [0, 0.05) is 6.54 Å². The molecule has 0 radical (unpaired) electrons. The molecule has 0 unspecified atom stereocenters. The number of hydrogen-bond donors (Lipinski definition) is 3. The van der Waals surface area contributed by atoms with Crippen LogP contribution in [-0.4, -0.2) is 23.7 Å². The number of hydrazine groups is 1. The van der Waals surface area contributed by atoms with Crippen LogP contribution in [0.25, 0.3) is 0 Å². The van der Waals surface area contributed by atoms with Crippen molar-refractivity contribution in [2.75, 3.05) is 6.54 Å². The van der Waals surface area contributed by atoms with Crippen molar-refractivity contribution in [3.8, 4) is 5.75 Å². The highest BCUT2D eigenvalue weighted by atomic mass is 32.1. The summed E-state index contributed by atoms with van der Waals surface area (Å²) in [6.45, 7) is 8.27. The lowest BCUT2D eigenvalue weighted by molar-refractivity contribution is -0.127. The van der Waals surface area contributed by atoms with E-state index in [1.807, 2.05) is 39.0 Å². The molecule has 1 aromatic rings. The van der Waals surface area contributed by atoms with E-state index < -0.39 is 6.10 Å². The number of ether oxygens (including phenoxy) is 1. The molecule has 6 heteroatoms. The van der Waals surface area contributed by atoms with E-state index in [0.29, 0.717) is 17.4 Å². The van der Waals surface area contributed by atoms with Gasteiger partial charge < -0.3 is 10.1 Å². The van der Waals surface area contributed by atoms with Crippen molar-refractivity contribution in [3.05, 3.63) is 29.3 Å². The van der Waals surface area contributed by atoms with Crippen LogP contribution in [0.5, 0.6) is 5.75 Å². The lowest BCUT2D eigenvalue weighted by Crippen LogP contribution is -2.50. The third kappa shape index (κ3) is 4.70. The fourth-order valence-electron chi connectivity index (χ4n) is 1.52. The molecular weight excluding hydrogens is 274 g/mol. The van der Waals surface area contributed by atoms with Gasteiger partial charge in [-0.15, -0.1) is 0 Å². The molecule has 1 aromatic carbocycles. The van der Waals surface area contributed by atoms with Crippen molar-refractivity contribution in [1.29, 1.82) is 0 Å². The Morgan fingerprint density at radius 2 is 2.05 bits per heavy atom. The molecule has 0 heterocycles. The first kappa shape index (κ1) is 16.2. The first-order valence-corrected chi connectivity index (χ1v) is 6.93. The highest BCUT2D eigenvalue weighted by molar-refractivity contribution is 7.80. The van der Waals surface area contributed by atoms with Gasteiger partial charge >= 0.3 is 0 Å². The van der Waals surface area contributed by atoms with Crippen LogP contribution in [0, 0.1) is 13.8 Å². The van der Waals surface area contributed by atoms with Crippen LogP contribution in [0.3, 0.4) is 0 Å². The monoisotopic (exact) mass is 295 g/mol. The summed E-state index contributed by atoms with van der Waals surface area (Å²) >= 11 is 4.95. The van der Waals surface area contributed by atoms with Crippen LogP contribution in [0.4, 0.5) is 0 Å². The SMILES string of the molecule is CCNC(=S)NNC(=O)[C@@H](C)Oc1cccc(C)c1C. The Morgan fingerprint density at radius 3 is 2.70 bits per heavy atom. The normalized spacial score (nSPS) is 11.4. The molecular formula is C14H21N3O2S. The fourth-order valence-corrected chi connectivity index (χ4v) is 1.72. The van der Waals surface area contributed by atoms with Crippen molar-refractivity contribution < 1.29 is 9.53 Å². The van der Waals surface area contributed by atoms with Gasteiger partial charge in [0.25, 0.3) is 5.91 Å². The average Bonchev–Trinajstić information content (AvgIpc) is 2.41. The number of thiocarbonyl (C=S) groups is 1. The smallest absolute Gasteiger partial charge is 0.279 e. The second-order valence-electron chi connectivity index (χ2n) is 4.43. The van der Waals surface area contributed by atoms with Crippen LogP contribution in [0.2, 0.25) is 0 Å². The number of nitrogens with one attached hydrogen (secondary N) is 3. The van der Waals surface area contributed by atoms with Gasteiger partial charge in [0.1, 0.15) is 5.75 Å². The number of carbonyl (C=O) groups excluding carboxylic acids is 1. The number of aryl methyl sites for hydroxylation is 1. The maximum atomic E-state index is 11.9. The number of carbonyl (C=O) groups is 1. The zero-order chi connectivity index (χ0) is 15.1. The van der Waals surface area contributed by atoms with Crippen LogP contribution < -0.4 is 20.9 Å². The number of hydrogen-bond acceptors (Lipinski definition) is 3. The number of rotatable bonds is 4. The molecule has 0 spiro atoms. The third-order valence-corrected chi connectivity index (χ3v) is 3.11. The molecule has 1 amide bonds. The summed E-state index contributed by atoms with van der Waals surface area (Å²) in [5, 5.41) is 3.25. The van der Waals surface area contributed by atoms with E-state index in [1.165, 1.54) is 0 Å². The zero-order valence-corrected chi connectivity index (χ0v) is 13.1. The maximum Gasteiger partial charge on any atom is 0.279 e. The minimum atomic E-state index is -0.618. The van der Waals surface area contributed by atoms with E-state index in [1.54, 1.807) is 6.92 Å². The highest BCUT2D eigenvalue weighted by Gasteiger charge is 2.15. The first-order chi connectivity index (χ1) is 9.45. The van der Waals surface area contributed by atoms with Crippen molar-refractivity contribution in [1.82, 2.24) is 16.2 Å².